The second-order valence-corrected chi connectivity index (χ2v) is 5.04. The van der Waals surface area contributed by atoms with E-state index in [1.54, 1.807) is 17.1 Å². The molecule has 1 aliphatic heterocycles. The van der Waals surface area contributed by atoms with Gasteiger partial charge in [-0.25, -0.2) is 5.01 Å². The van der Waals surface area contributed by atoms with Gasteiger partial charge >= 0.3 is 0 Å². The Kier molecular flexibility index (Phi) is 3.86. The number of nitrogen functional groups attached to an aromatic ring is 1. The van der Waals surface area contributed by atoms with Crippen LogP contribution >= 0.6 is 0 Å². The van der Waals surface area contributed by atoms with Crippen molar-refractivity contribution in [2.45, 2.75) is 51.7 Å². The quantitative estimate of drug-likeness (QED) is 0.831. The lowest BCUT2D eigenvalue weighted by Gasteiger charge is -2.38. The molecule has 1 aromatic heterocycles. The number of anilines is 1. The van der Waals surface area contributed by atoms with Crippen LogP contribution in [0.2, 0.25) is 0 Å². The molecule has 2 heterocycles. The summed E-state index contributed by atoms with van der Waals surface area (Å²) >= 11 is 0. The third kappa shape index (κ3) is 3.01. The van der Waals surface area contributed by atoms with Gasteiger partial charge in [0.2, 0.25) is 0 Å². The number of hydrogen-bond acceptors (Lipinski definition) is 4. The van der Waals surface area contributed by atoms with Crippen molar-refractivity contribution in [3.05, 3.63) is 12.4 Å². The zero-order valence-corrected chi connectivity index (χ0v) is 11.0. The number of aromatic nitrogens is 2. The van der Waals surface area contributed by atoms with Crippen molar-refractivity contribution in [2.24, 2.45) is 0 Å². The average molecular weight is 251 g/mol. The molecule has 1 saturated heterocycles. The van der Waals surface area contributed by atoms with Gasteiger partial charge in [-0.15, -0.1) is 0 Å². The Morgan fingerprint density at radius 2 is 2.17 bits per heavy atom. The summed E-state index contributed by atoms with van der Waals surface area (Å²) in [4.78, 5) is 11.9. The van der Waals surface area contributed by atoms with Crippen molar-refractivity contribution in [1.82, 2.24) is 20.2 Å². The molecular weight excluding hydrogens is 230 g/mol. The van der Waals surface area contributed by atoms with Gasteiger partial charge in [-0.3, -0.25) is 14.9 Å². The minimum absolute atomic E-state index is 0.0568. The molecule has 0 aliphatic carbocycles. The SMILES string of the molecule is CC1CCCC(C)N1NC(=O)Cn1cc(N)cn1. The van der Waals surface area contributed by atoms with Gasteiger partial charge in [0.25, 0.3) is 5.91 Å². The summed E-state index contributed by atoms with van der Waals surface area (Å²) < 4.78 is 1.55. The molecule has 6 heteroatoms. The van der Waals surface area contributed by atoms with Crippen molar-refractivity contribution in [3.63, 3.8) is 0 Å². The van der Waals surface area contributed by atoms with Crippen molar-refractivity contribution >= 4 is 11.6 Å². The minimum atomic E-state index is -0.0568. The van der Waals surface area contributed by atoms with Crippen molar-refractivity contribution in [1.29, 1.82) is 0 Å². The maximum Gasteiger partial charge on any atom is 0.256 e. The summed E-state index contributed by atoms with van der Waals surface area (Å²) in [5.74, 6) is -0.0568. The number of carbonyl (C=O) groups is 1. The van der Waals surface area contributed by atoms with E-state index in [9.17, 15) is 4.79 Å². The fraction of sp³-hybridized carbons (Fsp3) is 0.667. The van der Waals surface area contributed by atoms with Gasteiger partial charge in [0, 0.05) is 18.3 Å². The molecule has 2 unspecified atom stereocenters. The molecule has 6 nitrogen and oxygen atoms in total. The third-order valence-corrected chi connectivity index (χ3v) is 3.41. The first-order valence-corrected chi connectivity index (χ1v) is 6.42. The van der Waals surface area contributed by atoms with Gasteiger partial charge < -0.3 is 5.73 Å². The van der Waals surface area contributed by atoms with Gasteiger partial charge in [0.15, 0.2) is 0 Å². The first-order chi connectivity index (χ1) is 8.56. The summed E-state index contributed by atoms with van der Waals surface area (Å²) in [6.45, 7) is 4.48. The lowest BCUT2D eigenvalue weighted by Crippen LogP contribution is -2.54. The van der Waals surface area contributed by atoms with Crippen LogP contribution in [-0.2, 0) is 11.3 Å². The van der Waals surface area contributed by atoms with Gasteiger partial charge in [0.05, 0.1) is 11.9 Å². The molecule has 1 aromatic rings. The predicted molar refractivity (Wildman–Crippen MR) is 69.4 cm³/mol. The Balaban J connectivity index is 1.90. The fourth-order valence-corrected chi connectivity index (χ4v) is 2.43. The topological polar surface area (TPSA) is 76.2 Å². The highest BCUT2D eigenvalue weighted by Crippen LogP contribution is 2.20. The standard InChI is InChI=1S/C12H21N5O/c1-9-4-3-5-10(2)17(9)15-12(18)8-16-7-11(13)6-14-16/h6-7,9-10H,3-5,8,13H2,1-2H3,(H,15,18). The molecule has 0 bridgehead atoms. The van der Waals surface area contributed by atoms with E-state index in [1.165, 1.54) is 6.42 Å². The Morgan fingerprint density at radius 3 is 2.72 bits per heavy atom. The second-order valence-electron chi connectivity index (χ2n) is 5.04. The van der Waals surface area contributed by atoms with Crippen LogP contribution in [0.3, 0.4) is 0 Å². The Labute approximate surface area is 107 Å². The third-order valence-electron chi connectivity index (χ3n) is 3.41. The average Bonchev–Trinajstić information content (AvgIpc) is 2.69. The lowest BCUT2D eigenvalue weighted by molar-refractivity contribution is -0.130. The summed E-state index contributed by atoms with van der Waals surface area (Å²) in [5.41, 5.74) is 9.10. The van der Waals surface area contributed by atoms with Crippen LogP contribution in [-0.4, -0.2) is 32.8 Å². The zero-order chi connectivity index (χ0) is 13.1. The van der Waals surface area contributed by atoms with Gasteiger partial charge in [-0.2, -0.15) is 5.10 Å². The molecule has 2 rings (SSSR count). The molecule has 1 fully saturated rings. The fourth-order valence-electron chi connectivity index (χ4n) is 2.43. The Morgan fingerprint density at radius 1 is 1.50 bits per heavy atom. The molecule has 1 aliphatic rings. The molecule has 18 heavy (non-hydrogen) atoms. The molecule has 0 radical (unpaired) electrons. The number of carbonyl (C=O) groups excluding carboxylic acids is 1. The number of rotatable bonds is 3. The zero-order valence-electron chi connectivity index (χ0n) is 11.0. The van der Waals surface area contributed by atoms with Gasteiger partial charge in [0.1, 0.15) is 6.54 Å². The number of amides is 1. The summed E-state index contributed by atoms with van der Waals surface area (Å²) in [7, 11) is 0. The highest BCUT2D eigenvalue weighted by molar-refractivity contribution is 5.75. The summed E-state index contributed by atoms with van der Waals surface area (Å²) in [6, 6.07) is 0.779. The normalized spacial score (nSPS) is 25.0. The predicted octanol–water partition coefficient (Wildman–Crippen LogP) is 0.759. The molecular formula is C12H21N5O. The van der Waals surface area contributed by atoms with Crippen LogP contribution in [0.15, 0.2) is 12.4 Å². The number of hydrogen-bond donors (Lipinski definition) is 2. The largest absolute Gasteiger partial charge is 0.396 e. The minimum Gasteiger partial charge on any atom is -0.396 e. The maximum absolute atomic E-state index is 11.9. The molecule has 0 spiro atoms. The molecule has 2 atom stereocenters. The lowest BCUT2D eigenvalue weighted by atomic mass is 10.00. The van der Waals surface area contributed by atoms with Gasteiger partial charge in [-0.05, 0) is 26.7 Å². The molecule has 0 saturated carbocycles. The number of nitrogens with two attached hydrogens (primary N) is 1. The first-order valence-electron chi connectivity index (χ1n) is 6.42. The first kappa shape index (κ1) is 12.9. The Hall–Kier alpha value is -1.56. The van der Waals surface area contributed by atoms with E-state index in [2.05, 4.69) is 29.4 Å². The number of nitrogens with zero attached hydrogens (tertiary/aromatic N) is 3. The molecule has 1 amide bonds. The smallest absolute Gasteiger partial charge is 0.256 e. The van der Waals surface area contributed by atoms with Crippen molar-refractivity contribution < 1.29 is 4.79 Å². The van der Waals surface area contributed by atoms with E-state index < -0.39 is 0 Å². The number of nitrogens with one attached hydrogen (secondary N) is 1. The van der Waals surface area contributed by atoms with E-state index in [4.69, 9.17) is 5.73 Å². The van der Waals surface area contributed by atoms with Crippen LogP contribution in [0.4, 0.5) is 5.69 Å². The molecule has 0 aromatic carbocycles. The van der Waals surface area contributed by atoms with E-state index >= 15 is 0 Å². The maximum atomic E-state index is 11.9. The van der Waals surface area contributed by atoms with Crippen LogP contribution in [0, 0.1) is 0 Å². The van der Waals surface area contributed by atoms with E-state index in [1.807, 2.05) is 0 Å². The monoisotopic (exact) mass is 251 g/mol. The number of piperidine rings is 1. The molecule has 3 N–H and O–H groups in total. The Bertz CT molecular complexity index is 406. The molecule has 100 valence electrons. The van der Waals surface area contributed by atoms with Crippen molar-refractivity contribution in [2.75, 3.05) is 5.73 Å². The second kappa shape index (κ2) is 5.39. The highest BCUT2D eigenvalue weighted by atomic mass is 16.2. The summed E-state index contributed by atoms with van der Waals surface area (Å²) in [6.07, 6.45) is 6.67. The van der Waals surface area contributed by atoms with E-state index in [0.29, 0.717) is 17.8 Å². The van der Waals surface area contributed by atoms with Crippen LogP contribution in [0.1, 0.15) is 33.1 Å². The number of hydrazine groups is 1. The highest BCUT2D eigenvalue weighted by Gasteiger charge is 2.25. The van der Waals surface area contributed by atoms with Crippen LogP contribution < -0.4 is 11.2 Å². The van der Waals surface area contributed by atoms with Crippen molar-refractivity contribution in [3.8, 4) is 0 Å². The van der Waals surface area contributed by atoms with Gasteiger partial charge in [-0.1, -0.05) is 6.42 Å². The van der Waals surface area contributed by atoms with Crippen LogP contribution in [0.25, 0.3) is 0 Å². The van der Waals surface area contributed by atoms with Crippen LogP contribution in [0.5, 0.6) is 0 Å². The summed E-state index contributed by atoms with van der Waals surface area (Å²) in [5, 5.41) is 6.05. The van der Waals surface area contributed by atoms with E-state index in [-0.39, 0.29) is 12.5 Å². The van der Waals surface area contributed by atoms with E-state index in [0.717, 1.165) is 12.8 Å².